The van der Waals surface area contributed by atoms with Crippen LogP contribution >= 0.6 is 15.9 Å². The molecular formula is C14H16BrN3O3. The fourth-order valence-corrected chi connectivity index (χ4v) is 1.90. The lowest BCUT2D eigenvalue weighted by Crippen LogP contribution is -2.43. The zero-order valence-electron chi connectivity index (χ0n) is 11.3. The molecule has 0 heterocycles. The van der Waals surface area contributed by atoms with Crippen molar-refractivity contribution < 1.29 is 14.4 Å². The summed E-state index contributed by atoms with van der Waals surface area (Å²) in [6, 6.07) is 6.93. The summed E-state index contributed by atoms with van der Waals surface area (Å²) in [6.07, 6.45) is 1.86. The van der Waals surface area contributed by atoms with Crippen molar-refractivity contribution in [1.29, 1.82) is 0 Å². The molecule has 0 radical (unpaired) electrons. The number of hydrogen-bond acceptors (Lipinski definition) is 3. The summed E-state index contributed by atoms with van der Waals surface area (Å²) in [5, 5.41) is 2.64. The van der Waals surface area contributed by atoms with Crippen LogP contribution in [-0.2, 0) is 9.59 Å². The smallest absolute Gasteiger partial charge is 0.251 e. The summed E-state index contributed by atoms with van der Waals surface area (Å²) >= 11 is 3.29. The fourth-order valence-electron chi connectivity index (χ4n) is 1.63. The van der Waals surface area contributed by atoms with Crippen LogP contribution in [0.1, 0.15) is 29.6 Å². The van der Waals surface area contributed by atoms with Crippen LogP contribution in [-0.4, -0.2) is 24.3 Å². The number of carbonyl (C=O) groups excluding carboxylic acids is 3. The van der Waals surface area contributed by atoms with Crippen LogP contribution in [0.4, 0.5) is 0 Å². The highest BCUT2D eigenvalue weighted by Gasteiger charge is 2.29. The highest BCUT2D eigenvalue weighted by atomic mass is 79.9. The maximum absolute atomic E-state index is 11.8. The van der Waals surface area contributed by atoms with Crippen LogP contribution in [0.3, 0.4) is 0 Å². The van der Waals surface area contributed by atoms with Gasteiger partial charge >= 0.3 is 0 Å². The van der Waals surface area contributed by atoms with Crippen LogP contribution in [0.15, 0.2) is 28.7 Å². The van der Waals surface area contributed by atoms with E-state index >= 15 is 0 Å². The summed E-state index contributed by atoms with van der Waals surface area (Å²) in [6.45, 7) is 0.208. The zero-order chi connectivity index (χ0) is 15.2. The maximum atomic E-state index is 11.8. The van der Waals surface area contributed by atoms with Gasteiger partial charge in [0.1, 0.15) is 0 Å². The van der Waals surface area contributed by atoms with Gasteiger partial charge in [-0.25, -0.2) is 0 Å². The van der Waals surface area contributed by atoms with Gasteiger partial charge in [0.25, 0.3) is 5.91 Å². The lowest BCUT2D eigenvalue weighted by molar-refractivity contribution is -0.129. The summed E-state index contributed by atoms with van der Waals surface area (Å²) in [7, 11) is 0. The number of benzene rings is 1. The first-order chi connectivity index (χ1) is 10.1. The van der Waals surface area contributed by atoms with Gasteiger partial charge in [-0.2, -0.15) is 0 Å². The fraction of sp³-hybridized carbons (Fsp3) is 0.357. The minimum atomic E-state index is -0.333. The van der Waals surface area contributed by atoms with Gasteiger partial charge in [0.05, 0.1) is 0 Å². The van der Waals surface area contributed by atoms with Gasteiger partial charge in [-0.3, -0.25) is 25.2 Å². The van der Waals surface area contributed by atoms with Crippen LogP contribution in [0.5, 0.6) is 0 Å². The molecule has 0 unspecified atom stereocenters. The molecule has 1 aliphatic carbocycles. The minimum absolute atomic E-state index is 0.0439. The molecule has 0 aliphatic heterocycles. The second-order valence-corrected chi connectivity index (χ2v) is 5.74. The Bertz CT molecular complexity index is 541. The Morgan fingerprint density at radius 2 is 1.76 bits per heavy atom. The van der Waals surface area contributed by atoms with Crippen LogP contribution < -0.4 is 16.2 Å². The monoisotopic (exact) mass is 353 g/mol. The predicted molar refractivity (Wildman–Crippen MR) is 80.1 cm³/mol. The predicted octanol–water partition coefficient (Wildman–Crippen LogP) is 1.13. The average Bonchev–Trinajstić information content (AvgIpc) is 3.30. The molecule has 1 aliphatic rings. The summed E-state index contributed by atoms with van der Waals surface area (Å²) in [5.74, 6) is -0.679. The molecule has 112 valence electrons. The van der Waals surface area contributed by atoms with Crippen molar-refractivity contribution in [2.24, 2.45) is 5.92 Å². The first kappa shape index (κ1) is 15.5. The summed E-state index contributed by atoms with van der Waals surface area (Å²) in [5.41, 5.74) is 5.22. The number of hydrazine groups is 1. The molecule has 7 heteroatoms. The number of nitrogens with one attached hydrogen (secondary N) is 3. The van der Waals surface area contributed by atoms with E-state index in [1.807, 2.05) is 0 Å². The lowest BCUT2D eigenvalue weighted by atomic mass is 10.2. The molecule has 0 atom stereocenters. The molecule has 0 aromatic heterocycles. The molecule has 1 aromatic carbocycles. The first-order valence-corrected chi connectivity index (χ1v) is 7.48. The second kappa shape index (κ2) is 7.21. The van der Waals surface area contributed by atoms with Crippen LogP contribution in [0.2, 0.25) is 0 Å². The number of rotatable bonds is 5. The Balaban J connectivity index is 1.63. The molecule has 1 saturated carbocycles. The largest absolute Gasteiger partial charge is 0.352 e. The molecular weight excluding hydrogens is 338 g/mol. The molecule has 2 rings (SSSR count). The number of carbonyl (C=O) groups is 3. The standard InChI is InChI=1S/C14H16BrN3O3/c15-11-5-3-9(4-6-11)13(20)16-8-7-12(19)17-18-14(21)10-1-2-10/h3-6,10H,1-2,7-8H2,(H,16,20)(H,17,19)(H,18,21). The van der Waals surface area contributed by atoms with E-state index in [2.05, 4.69) is 32.1 Å². The van der Waals surface area contributed by atoms with Crippen LogP contribution in [0, 0.1) is 5.92 Å². The molecule has 0 saturated heterocycles. The minimum Gasteiger partial charge on any atom is -0.352 e. The molecule has 3 N–H and O–H groups in total. The third-order valence-electron chi connectivity index (χ3n) is 3.02. The SMILES string of the molecule is O=C(CCNC(=O)c1ccc(Br)cc1)NNC(=O)C1CC1. The van der Waals surface area contributed by atoms with Gasteiger partial charge in [-0.05, 0) is 37.1 Å². The average molecular weight is 354 g/mol. The van der Waals surface area contributed by atoms with Gasteiger partial charge < -0.3 is 5.32 Å². The van der Waals surface area contributed by atoms with E-state index in [0.717, 1.165) is 17.3 Å². The topological polar surface area (TPSA) is 87.3 Å². The molecule has 3 amide bonds. The molecule has 1 aromatic rings. The lowest BCUT2D eigenvalue weighted by Gasteiger charge is -2.07. The Labute approximate surface area is 130 Å². The Morgan fingerprint density at radius 3 is 2.38 bits per heavy atom. The van der Waals surface area contributed by atoms with E-state index in [-0.39, 0.29) is 36.6 Å². The number of amides is 3. The highest BCUT2D eigenvalue weighted by Crippen LogP contribution is 2.28. The molecule has 1 fully saturated rings. The third kappa shape index (κ3) is 5.18. The Kier molecular flexibility index (Phi) is 5.32. The third-order valence-corrected chi connectivity index (χ3v) is 3.55. The number of hydrogen-bond donors (Lipinski definition) is 3. The van der Waals surface area contributed by atoms with E-state index in [4.69, 9.17) is 0 Å². The van der Waals surface area contributed by atoms with Gasteiger partial charge in [0.2, 0.25) is 11.8 Å². The van der Waals surface area contributed by atoms with E-state index < -0.39 is 0 Å². The number of halogens is 1. The van der Waals surface area contributed by atoms with E-state index in [1.165, 1.54) is 0 Å². The molecule has 6 nitrogen and oxygen atoms in total. The Hall–Kier alpha value is -1.89. The van der Waals surface area contributed by atoms with Crippen molar-refractivity contribution in [3.05, 3.63) is 34.3 Å². The van der Waals surface area contributed by atoms with E-state index in [0.29, 0.717) is 5.56 Å². The zero-order valence-corrected chi connectivity index (χ0v) is 12.9. The maximum Gasteiger partial charge on any atom is 0.251 e. The van der Waals surface area contributed by atoms with E-state index in [9.17, 15) is 14.4 Å². The van der Waals surface area contributed by atoms with Crippen molar-refractivity contribution >= 4 is 33.7 Å². The van der Waals surface area contributed by atoms with Crippen molar-refractivity contribution in [2.75, 3.05) is 6.54 Å². The van der Waals surface area contributed by atoms with Gasteiger partial charge in [0.15, 0.2) is 0 Å². The van der Waals surface area contributed by atoms with Crippen LogP contribution in [0.25, 0.3) is 0 Å². The van der Waals surface area contributed by atoms with Crippen molar-refractivity contribution in [2.45, 2.75) is 19.3 Å². The van der Waals surface area contributed by atoms with Crippen molar-refractivity contribution in [3.63, 3.8) is 0 Å². The van der Waals surface area contributed by atoms with Crippen molar-refractivity contribution in [3.8, 4) is 0 Å². The highest BCUT2D eigenvalue weighted by molar-refractivity contribution is 9.10. The van der Waals surface area contributed by atoms with Gasteiger partial charge in [0, 0.05) is 28.9 Å². The normalized spacial score (nSPS) is 13.4. The molecule has 0 bridgehead atoms. The van der Waals surface area contributed by atoms with Gasteiger partial charge in [-0.15, -0.1) is 0 Å². The second-order valence-electron chi connectivity index (χ2n) is 4.82. The van der Waals surface area contributed by atoms with Gasteiger partial charge in [-0.1, -0.05) is 15.9 Å². The summed E-state index contributed by atoms with van der Waals surface area (Å²) < 4.78 is 0.893. The van der Waals surface area contributed by atoms with Crippen molar-refractivity contribution in [1.82, 2.24) is 16.2 Å². The van der Waals surface area contributed by atoms with E-state index in [1.54, 1.807) is 24.3 Å². The quantitative estimate of drug-likeness (QED) is 0.693. The Morgan fingerprint density at radius 1 is 1.10 bits per heavy atom. The molecule has 21 heavy (non-hydrogen) atoms. The summed E-state index contributed by atoms with van der Waals surface area (Å²) in [4.78, 5) is 34.5. The first-order valence-electron chi connectivity index (χ1n) is 6.69. The molecule has 0 spiro atoms.